The lowest BCUT2D eigenvalue weighted by Crippen LogP contribution is -2.28. The minimum atomic E-state index is -0.609. The van der Waals surface area contributed by atoms with Gasteiger partial charge in [-0.05, 0) is 23.8 Å². The molecule has 0 atom stereocenters. The van der Waals surface area contributed by atoms with Crippen LogP contribution in [-0.4, -0.2) is 19.0 Å². The maximum absolute atomic E-state index is 12.4. The van der Waals surface area contributed by atoms with Crippen LogP contribution in [0.3, 0.4) is 0 Å². The summed E-state index contributed by atoms with van der Waals surface area (Å²) in [6, 6.07) is 16.8. The van der Waals surface area contributed by atoms with E-state index >= 15 is 0 Å². The van der Waals surface area contributed by atoms with Gasteiger partial charge in [-0.1, -0.05) is 52.3 Å². The third-order valence-corrected chi connectivity index (χ3v) is 3.60. The van der Waals surface area contributed by atoms with Crippen LogP contribution in [0.15, 0.2) is 70.8 Å². The van der Waals surface area contributed by atoms with Gasteiger partial charge in [-0.25, -0.2) is 4.79 Å². The Kier molecular flexibility index (Phi) is 6.57. The average Bonchev–Trinajstić information content (AvgIpc) is 2.60. The summed E-state index contributed by atoms with van der Waals surface area (Å²) in [6.07, 6.45) is 1.13. The zero-order chi connectivity index (χ0) is 17.4. The molecule has 0 aliphatic heterocycles. The summed E-state index contributed by atoms with van der Waals surface area (Å²) >= 11 is 3.36. The molecule has 0 saturated heterocycles. The maximum atomic E-state index is 12.4. The van der Waals surface area contributed by atoms with Gasteiger partial charge in [0, 0.05) is 16.7 Å². The number of rotatable bonds is 6. The fourth-order valence-corrected chi connectivity index (χ4v) is 2.33. The first-order chi connectivity index (χ1) is 11.6. The lowest BCUT2D eigenvalue weighted by molar-refractivity contribution is -0.135. The number of benzene rings is 2. The van der Waals surface area contributed by atoms with Crippen LogP contribution >= 0.6 is 15.9 Å². The zero-order valence-electron chi connectivity index (χ0n) is 13.1. The summed E-state index contributed by atoms with van der Waals surface area (Å²) in [6.45, 7) is 0.359. The highest BCUT2D eigenvalue weighted by Gasteiger charge is 2.12. The van der Waals surface area contributed by atoms with Gasteiger partial charge < -0.3 is 15.4 Å². The molecule has 0 aliphatic rings. The van der Waals surface area contributed by atoms with Crippen molar-refractivity contribution in [1.29, 1.82) is 0 Å². The number of nitrogens with one attached hydrogen (secondary N) is 2. The Labute approximate surface area is 148 Å². The Hall–Kier alpha value is -2.60. The lowest BCUT2D eigenvalue weighted by atomic mass is 10.2. The van der Waals surface area contributed by atoms with Gasteiger partial charge in [-0.3, -0.25) is 4.79 Å². The van der Waals surface area contributed by atoms with E-state index in [9.17, 15) is 9.59 Å². The molecule has 0 unspecified atom stereocenters. The van der Waals surface area contributed by atoms with Gasteiger partial charge in [0.25, 0.3) is 5.91 Å². The van der Waals surface area contributed by atoms with Gasteiger partial charge in [0.2, 0.25) is 0 Å². The first kappa shape index (κ1) is 17.7. The molecule has 0 spiro atoms. The number of carbonyl (C=O) groups excluding carboxylic acids is 2. The Morgan fingerprint density at radius 2 is 1.88 bits per heavy atom. The number of ether oxygens (including phenoxy) is 1. The van der Waals surface area contributed by atoms with Crippen molar-refractivity contribution in [2.24, 2.45) is 0 Å². The molecule has 6 heteroatoms. The first-order valence-corrected chi connectivity index (χ1v) is 8.02. The molecule has 0 radical (unpaired) electrons. The van der Waals surface area contributed by atoms with Crippen LogP contribution in [0, 0.1) is 0 Å². The van der Waals surface area contributed by atoms with Gasteiger partial charge in [0.05, 0.1) is 13.2 Å². The average molecular weight is 389 g/mol. The standard InChI is InChI=1S/C18H17BrN2O3/c1-24-17(22)11-16(21-15-9-5-8-14(19)10-15)18(23)20-12-13-6-3-2-4-7-13/h2-11,21H,12H2,1H3,(H,20,23)/b16-11-. The molecule has 0 bridgehead atoms. The highest BCUT2D eigenvalue weighted by Crippen LogP contribution is 2.17. The van der Waals surface area contributed by atoms with Gasteiger partial charge in [0.1, 0.15) is 5.70 Å². The van der Waals surface area contributed by atoms with E-state index in [1.165, 1.54) is 7.11 Å². The number of carbonyl (C=O) groups is 2. The highest BCUT2D eigenvalue weighted by molar-refractivity contribution is 9.10. The largest absolute Gasteiger partial charge is 0.466 e. The van der Waals surface area contributed by atoms with Crippen LogP contribution in [0.2, 0.25) is 0 Å². The van der Waals surface area contributed by atoms with Crippen molar-refractivity contribution in [2.75, 3.05) is 12.4 Å². The molecule has 2 N–H and O–H groups in total. The number of hydrogen-bond donors (Lipinski definition) is 2. The monoisotopic (exact) mass is 388 g/mol. The highest BCUT2D eigenvalue weighted by atomic mass is 79.9. The second kappa shape index (κ2) is 8.88. The van der Waals surface area contributed by atoms with Gasteiger partial charge >= 0.3 is 5.97 Å². The quantitative estimate of drug-likeness (QED) is 0.588. The zero-order valence-corrected chi connectivity index (χ0v) is 14.7. The predicted octanol–water partition coefficient (Wildman–Crippen LogP) is 3.23. The molecule has 24 heavy (non-hydrogen) atoms. The maximum Gasteiger partial charge on any atom is 0.332 e. The molecular formula is C18H17BrN2O3. The topological polar surface area (TPSA) is 67.4 Å². The summed E-state index contributed by atoms with van der Waals surface area (Å²) < 4.78 is 5.47. The molecule has 0 aromatic heterocycles. The van der Waals surface area contributed by atoms with Crippen LogP contribution in [-0.2, 0) is 20.9 Å². The molecule has 2 aromatic carbocycles. The first-order valence-electron chi connectivity index (χ1n) is 7.23. The van der Waals surface area contributed by atoms with Crippen LogP contribution in [0.1, 0.15) is 5.56 Å². The number of methoxy groups -OCH3 is 1. The molecule has 0 heterocycles. The molecule has 2 rings (SSSR count). The van der Waals surface area contributed by atoms with Crippen LogP contribution in [0.25, 0.3) is 0 Å². The minimum Gasteiger partial charge on any atom is -0.466 e. The number of esters is 1. The second-order valence-corrected chi connectivity index (χ2v) is 5.80. The van der Waals surface area contributed by atoms with Crippen molar-refractivity contribution in [2.45, 2.75) is 6.54 Å². The fourth-order valence-electron chi connectivity index (χ4n) is 1.93. The Balaban J connectivity index is 2.11. The summed E-state index contributed by atoms with van der Waals surface area (Å²) in [5.41, 5.74) is 1.75. The van der Waals surface area contributed by atoms with E-state index in [-0.39, 0.29) is 5.70 Å². The third-order valence-electron chi connectivity index (χ3n) is 3.11. The Morgan fingerprint density at radius 3 is 2.54 bits per heavy atom. The third kappa shape index (κ3) is 5.55. The van der Waals surface area contributed by atoms with Gasteiger partial charge in [-0.15, -0.1) is 0 Å². The van der Waals surface area contributed by atoms with E-state index < -0.39 is 11.9 Å². The van der Waals surface area contributed by atoms with Crippen molar-refractivity contribution in [3.8, 4) is 0 Å². The normalized spacial score (nSPS) is 10.8. The summed E-state index contributed by atoms with van der Waals surface area (Å²) in [7, 11) is 1.26. The molecule has 2 aromatic rings. The number of amides is 1. The smallest absolute Gasteiger partial charge is 0.332 e. The molecule has 0 fully saturated rings. The Bertz CT molecular complexity index is 745. The van der Waals surface area contributed by atoms with Crippen molar-refractivity contribution in [3.63, 3.8) is 0 Å². The minimum absolute atomic E-state index is 0.107. The predicted molar refractivity (Wildman–Crippen MR) is 96.2 cm³/mol. The van der Waals surface area contributed by atoms with E-state index in [1.807, 2.05) is 42.5 Å². The van der Waals surface area contributed by atoms with Crippen LogP contribution in [0.4, 0.5) is 5.69 Å². The SMILES string of the molecule is COC(=O)/C=C(\Nc1cccc(Br)c1)C(=O)NCc1ccccc1. The molecule has 0 saturated carbocycles. The van der Waals surface area contributed by atoms with E-state index in [0.717, 1.165) is 16.1 Å². The summed E-state index contributed by atoms with van der Waals surface area (Å²) in [4.78, 5) is 23.9. The van der Waals surface area contributed by atoms with E-state index in [0.29, 0.717) is 12.2 Å². The fraction of sp³-hybridized carbons (Fsp3) is 0.111. The van der Waals surface area contributed by atoms with Crippen LogP contribution in [0.5, 0.6) is 0 Å². The van der Waals surface area contributed by atoms with E-state index in [4.69, 9.17) is 0 Å². The number of halogens is 1. The summed E-state index contributed by atoms with van der Waals surface area (Å²) in [5.74, 6) is -1.01. The van der Waals surface area contributed by atoms with E-state index in [2.05, 4.69) is 31.3 Å². The number of anilines is 1. The van der Waals surface area contributed by atoms with Crippen LogP contribution < -0.4 is 10.6 Å². The molecule has 124 valence electrons. The van der Waals surface area contributed by atoms with Gasteiger partial charge in [0.15, 0.2) is 0 Å². The number of hydrogen-bond acceptors (Lipinski definition) is 4. The van der Waals surface area contributed by atoms with Gasteiger partial charge in [-0.2, -0.15) is 0 Å². The Morgan fingerprint density at radius 1 is 1.12 bits per heavy atom. The van der Waals surface area contributed by atoms with Crippen molar-refractivity contribution >= 4 is 33.5 Å². The van der Waals surface area contributed by atoms with E-state index in [1.54, 1.807) is 12.1 Å². The lowest BCUT2D eigenvalue weighted by Gasteiger charge is -2.12. The molecule has 5 nitrogen and oxygen atoms in total. The molecule has 0 aliphatic carbocycles. The van der Waals surface area contributed by atoms with Crippen molar-refractivity contribution in [1.82, 2.24) is 5.32 Å². The second-order valence-electron chi connectivity index (χ2n) is 4.88. The molecular weight excluding hydrogens is 372 g/mol. The summed E-state index contributed by atoms with van der Waals surface area (Å²) in [5, 5.41) is 5.71. The van der Waals surface area contributed by atoms with Crippen molar-refractivity contribution < 1.29 is 14.3 Å². The molecule has 1 amide bonds. The van der Waals surface area contributed by atoms with Crippen molar-refractivity contribution in [3.05, 3.63) is 76.4 Å².